The molecule has 0 aliphatic carbocycles. The molecule has 0 bridgehead atoms. The number of carbonyl (C=O) groups is 1. The SMILES string of the molecule is CCOc1ccc(CC(=O)NCCNS(=O)(=O)c2ccc(Br)cc2)cc1. The van der Waals surface area contributed by atoms with E-state index in [1.165, 1.54) is 12.1 Å². The summed E-state index contributed by atoms with van der Waals surface area (Å²) in [6.07, 6.45) is 0.228. The number of sulfonamides is 1. The van der Waals surface area contributed by atoms with Gasteiger partial charge in [0.1, 0.15) is 5.75 Å². The molecular weight excluding hydrogens is 420 g/mol. The summed E-state index contributed by atoms with van der Waals surface area (Å²) in [6, 6.07) is 13.6. The summed E-state index contributed by atoms with van der Waals surface area (Å²) in [7, 11) is -3.58. The third-order valence-electron chi connectivity index (χ3n) is 3.46. The second-order valence-corrected chi connectivity index (χ2v) is 8.14. The molecule has 0 saturated carbocycles. The summed E-state index contributed by atoms with van der Waals surface area (Å²) >= 11 is 3.26. The van der Waals surface area contributed by atoms with Gasteiger partial charge in [-0.1, -0.05) is 28.1 Å². The first-order valence-electron chi connectivity index (χ1n) is 8.14. The van der Waals surface area contributed by atoms with E-state index in [-0.39, 0.29) is 30.3 Å². The molecule has 1 amide bonds. The fourth-order valence-electron chi connectivity index (χ4n) is 2.20. The van der Waals surface area contributed by atoms with Crippen molar-refractivity contribution >= 4 is 31.9 Å². The number of amides is 1. The summed E-state index contributed by atoms with van der Waals surface area (Å²) in [4.78, 5) is 12.1. The normalized spacial score (nSPS) is 11.2. The molecule has 0 spiro atoms. The lowest BCUT2D eigenvalue weighted by atomic mass is 10.1. The molecule has 0 fully saturated rings. The maximum atomic E-state index is 12.1. The van der Waals surface area contributed by atoms with Gasteiger partial charge in [-0.15, -0.1) is 0 Å². The summed E-state index contributed by atoms with van der Waals surface area (Å²) in [5.41, 5.74) is 0.862. The van der Waals surface area contributed by atoms with E-state index in [4.69, 9.17) is 4.74 Å². The van der Waals surface area contributed by atoms with Gasteiger partial charge in [-0.05, 0) is 48.9 Å². The molecule has 0 saturated heterocycles. The van der Waals surface area contributed by atoms with Gasteiger partial charge >= 0.3 is 0 Å². The average Bonchev–Trinajstić information content (AvgIpc) is 2.61. The Morgan fingerprint density at radius 3 is 2.31 bits per heavy atom. The highest BCUT2D eigenvalue weighted by molar-refractivity contribution is 9.10. The van der Waals surface area contributed by atoms with E-state index in [9.17, 15) is 13.2 Å². The van der Waals surface area contributed by atoms with Crippen LogP contribution in [0.25, 0.3) is 0 Å². The van der Waals surface area contributed by atoms with Crippen LogP contribution in [-0.4, -0.2) is 34.0 Å². The lowest BCUT2D eigenvalue weighted by Crippen LogP contribution is -2.35. The highest BCUT2D eigenvalue weighted by atomic mass is 79.9. The molecule has 2 rings (SSSR count). The second-order valence-electron chi connectivity index (χ2n) is 5.46. The van der Waals surface area contributed by atoms with Crippen molar-refractivity contribution in [3.8, 4) is 5.75 Å². The highest BCUT2D eigenvalue weighted by Gasteiger charge is 2.13. The summed E-state index contributed by atoms with van der Waals surface area (Å²) in [6.45, 7) is 2.83. The van der Waals surface area contributed by atoms with E-state index in [2.05, 4.69) is 26.0 Å². The van der Waals surface area contributed by atoms with Gasteiger partial charge in [0.05, 0.1) is 17.9 Å². The Morgan fingerprint density at radius 1 is 1.04 bits per heavy atom. The van der Waals surface area contributed by atoms with Gasteiger partial charge in [0.15, 0.2) is 0 Å². The number of ether oxygens (including phenoxy) is 1. The second kappa shape index (κ2) is 9.70. The van der Waals surface area contributed by atoms with Crippen molar-refractivity contribution in [1.82, 2.24) is 10.0 Å². The van der Waals surface area contributed by atoms with Crippen LogP contribution in [0.2, 0.25) is 0 Å². The molecule has 2 aromatic rings. The lowest BCUT2D eigenvalue weighted by Gasteiger charge is -2.09. The predicted octanol–water partition coefficient (Wildman–Crippen LogP) is 2.49. The Hall–Kier alpha value is -1.90. The zero-order valence-corrected chi connectivity index (χ0v) is 16.8. The maximum Gasteiger partial charge on any atom is 0.240 e. The molecule has 0 aromatic heterocycles. The van der Waals surface area contributed by atoms with E-state index >= 15 is 0 Å². The van der Waals surface area contributed by atoms with E-state index < -0.39 is 10.0 Å². The summed E-state index contributed by atoms with van der Waals surface area (Å²) in [5.74, 6) is 0.594. The number of halogens is 1. The minimum atomic E-state index is -3.58. The zero-order chi connectivity index (χ0) is 19.0. The minimum Gasteiger partial charge on any atom is -0.494 e. The first kappa shape index (κ1) is 20.4. The largest absolute Gasteiger partial charge is 0.494 e. The van der Waals surface area contributed by atoms with E-state index in [1.807, 2.05) is 31.2 Å². The molecule has 0 radical (unpaired) electrons. The number of nitrogens with one attached hydrogen (secondary N) is 2. The molecule has 26 heavy (non-hydrogen) atoms. The summed E-state index contributed by atoms with van der Waals surface area (Å²) in [5, 5.41) is 2.70. The molecule has 0 aliphatic heterocycles. The van der Waals surface area contributed by atoms with Crippen molar-refractivity contribution in [2.45, 2.75) is 18.2 Å². The Bertz CT molecular complexity index is 821. The van der Waals surface area contributed by atoms with Crippen LogP contribution in [0.1, 0.15) is 12.5 Å². The van der Waals surface area contributed by atoms with Gasteiger partial charge < -0.3 is 10.1 Å². The van der Waals surface area contributed by atoms with E-state index in [1.54, 1.807) is 12.1 Å². The van der Waals surface area contributed by atoms with Gasteiger partial charge in [0.2, 0.25) is 15.9 Å². The van der Waals surface area contributed by atoms with Crippen LogP contribution >= 0.6 is 15.9 Å². The van der Waals surface area contributed by atoms with Crippen LogP contribution < -0.4 is 14.8 Å². The predicted molar refractivity (Wildman–Crippen MR) is 104 cm³/mol. The molecule has 0 unspecified atom stereocenters. The first-order valence-corrected chi connectivity index (χ1v) is 10.4. The Kier molecular flexibility index (Phi) is 7.62. The molecule has 140 valence electrons. The van der Waals surface area contributed by atoms with Gasteiger partial charge in [-0.25, -0.2) is 13.1 Å². The third-order valence-corrected chi connectivity index (χ3v) is 5.47. The van der Waals surface area contributed by atoms with Gasteiger partial charge in [0, 0.05) is 17.6 Å². The topological polar surface area (TPSA) is 84.5 Å². The maximum absolute atomic E-state index is 12.1. The van der Waals surface area contributed by atoms with Crippen molar-refractivity contribution in [2.75, 3.05) is 19.7 Å². The van der Waals surface area contributed by atoms with Gasteiger partial charge in [0.25, 0.3) is 0 Å². The van der Waals surface area contributed by atoms with Crippen molar-refractivity contribution in [3.63, 3.8) is 0 Å². The quantitative estimate of drug-likeness (QED) is 0.586. The molecule has 6 nitrogen and oxygen atoms in total. The van der Waals surface area contributed by atoms with E-state index in [0.717, 1.165) is 15.8 Å². The molecule has 0 atom stereocenters. The average molecular weight is 441 g/mol. The van der Waals surface area contributed by atoms with Crippen LogP contribution in [0.5, 0.6) is 5.75 Å². The number of rotatable bonds is 9. The minimum absolute atomic E-state index is 0.118. The standard InChI is InChI=1S/C18H21BrN2O4S/c1-2-25-16-7-3-14(4-8-16)13-18(22)20-11-12-21-26(23,24)17-9-5-15(19)6-10-17/h3-10,21H,2,11-13H2,1H3,(H,20,22). The molecule has 0 aliphatic rings. The Labute approximate surface area is 162 Å². The van der Waals surface area contributed by atoms with Gasteiger partial charge in [-0.2, -0.15) is 0 Å². The zero-order valence-electron chi connectivity index (χ0n) is 14.4. The fraction of sp³-hybridized carbons (Fsp3) is 0.278. The molecule has 0 heterocycles. The van der Waals surface area contributed by atoms with Crippen molar-refractivity contribution < 1.29 is 17.9 Å². The third kappa shape index (κ3) is 6.44. The number of carbonyl (C=O) groups excluding carboxylic acids is 1. The van der Waals surface area contributed by atoms with Crippen molar-refractivity contribution in [2.24, 2.45) is 0 Å². The smallest absolute Gasteiger partial charge is 0.240 e. The lowest BCUT2D eigenvalue weighted by molar-refractivity contribution is -0.120. The van der Waals surface area contributed by atoms with Crippen LogP contribution in [-0.2, 0) is 21.2 Å². The van der Waals surface area contributed by atoms with Crippen LogP contribution in [0.3, 0.4) is 0 Å². The Balaban J connectivity index is 1.75. The Morgan fingerprint density at radius 2 is 1.69 bits per heavy atom. The van der Waals surface area contributed by atoms with Crippen LogP contribution in [0.4, 0.5) is 0 Å². The van der Waals surface area contributed by atoms with Crippen LogP contribution in [0.15, 0.2) is 57.9 Å². The molecule has 2 N–H and O–H groups in total. The number of hydrogen-bond donors (Lipinski definition) is 2. The first-order chi connectivity index (χ1) is 12.4. The number of benzene rings is 2. The molecule has 2 aromatic carbocycles. The molecular formula is C18H21BrN2O4S. The summed E-state index contributed by atoms with van der Waals surface area (Å²) < 4.78 is 32.8. The van der Waals surface area contributed by atoms with Crippen molar-refractivity contribution in [1.29, 1.82) is 0 Å². The van der Waals surface area contributed by atoms with E-state index in [0.29, 0.717) is 6.61 Å². The van der Waals surface area contributed by atoms with Crippen molar-refractivity contribution in [3.05, 3.63) is 58.6 Å². The number of hydrogen-bond acceptors (Lipinski definition) is 4. The highest BCUT2D eigenvalue weighted by Crippen LogP contribution is 2.14. The van der Waals surface area contributed by atoms with Crippen LogP contribution in [0, 0.1) is 0 Å². The fourth-order valence-corrected chi connectivity index (χ4v) is 3.50. The monoisotopic (exact) mass is 440 g/mol. The van der Waals surface area contributed by atoms with Gasteiger partial charge in [-0.3, -0.25) is 4.79 Å². The molecule has 8 heteroatoms.